The summed E-state index contributed by atoms with van der Waals surface area (Å²) in [5.41, 5.74) is 7.31. The number of piperazine rings is 1. The summed E-state index contributed by atoms with van der Waals surface area (Å²) in [6, 6.07) is 7.52. The minimum atomic E-state index is -0.540. The molecule has 1 aromatic carbocycles. The number of hydrogen-bond acceptors (Lipinski definition) is 4. The monoisotopic (exact) mass is 384 g/mol. The van der Waals surface area contributed by atoms with Gasteiger partial charge in [0.15, 0.2) is 0 Å². The van der Waals surface area contributed by atoms with Crippen molar-refractivity contribution in [3.8, 4) is 0 Å². The van der Waals surface area contributed by atoms with E-state index >= 15 is 0 Å². The Labute approximate surface area is 164 Å². The second-order valence-electron chi connectivity index (χ2n) is 7.15. The van der Waals surface area contributed by atoms with Gasteiger partial charge in [-0.05, 0) is 43.2 Å². The lowest BCUT2D eigenvalue weighted by molar-refractivity contribution is 0.0367. The summed E-state index contributed by atoms with van der Waals surface area (Å²) < 4.78 is 13.4. The first-order valence-electron chi connectivity index (χ1n) is 9.48. The van der Waals surface area contributed by atoms with Gasteiger partial charge in [-0.3, -0.25) is 14.6 Å². The molecule has 28 heavy (non-hydrogen) atoms. The average Bonchev–Trinajstić information content (AvgIpc) is 2.70. The molecule has 1 atom stereocenters. The van der Waals surface area contributed by atoms with Crippen LogP contribution in [0.2, 0.25) is 0 Å². The Morgan fingerprint density at radius 3 is 2.64 bits per heavy atom. The van der Waals surface area contributed by atoms with Gasteiger partial charge in [0.2, 0.25) is 0 Å². The zero-order valence-corrected chi connectivity index (χ0v) is 16.2. The number of aromatic nitrogens is 1. The van der Waals surface area contributed by atoms with Crippen molar-refractivity contribution in [1.82, 2.24) is 14.8 Å². The number of aryl methyl sites for hydroxylation is 1. The lowest BCUT2D eigenvalue weighted by Gasteiger charge is -2.41. The Bertz CT molecular complexity index is 869. The van der Waals surface area contributed by atoms with Crippen LogP contribution in [0, 0.1) is 12.7 Å². The quantitative estimate of drug-likeness (QED) is 0.822. The van der Waals surface area contributed by atoms with E-state index in [2.05, 4.69) is 4.98 Å². The fourth-order valence-electron chi connectivity index (χ4n) is 3.49. The van der Waals surface area contributed by atoms with Crippen LogP contribution in [0.15, 0.2) is 36.5 Å². The number of carbonyl (C=O) groups is 2. The first-order valence-corrected chi connectivity index (χ1v) is 9.48. The lowest BCUT2D eigenvalue weighted by Crippen LogP contribution is -2.56. The molecule has 2 amide bonds. The summed E-state index contributed by atoms with van der Waals surface area (Å²) in [4.78, 5) is 33.5. The third kappa shape index (κ3) is 4.13. The van der Waals surface area contributed by atoms with Crippen molar-refractivity contribution in [3.05, 3.63) is 59.2 Å². The average molecular weight is 384 g/mol. The van der Waals surface area contributed by atoms with Crippen molar-refractivity contribution in [1.29, 1.82) is 0 Å². The van der Waals surface area contributed by atoms with Gasteiger partial charge in [-0.15, -0.1) is 0 Å². The predicted molar refractivity (Wildman–Crippen MR) is 105 cm³/mol. The largest absolute Gasteiger partial charge is 0.396 e. The summed E-state index contributed by atoms with van der Waals surface area (Å²) in [5.74, 6) is -0.855. The standard InChI is InChI=1S/C21H25FN4O2/c1-3-4-16-13-25(20(27)15-6-7-17(22)18(23)11-15)9-10-26(16)21(28)19-8-5-14(2)12-24-19/h5-8,11-12,16H,3-4,9-10,13,23H2,1-2H3. The highest BCUT2D eigenvalue weighted by Crippen LogP contribution is 2.20. The first kappa shape index (κ1) is 19.8. The van der Waals surface area contributed by atoms with Crippen LogP contribution in [-0.2, 0) is 0 Å². The number of pyridine rings is 1. The predicted octanol–water partition coefficient (Wildman–Crippen LogP) is 2.88. The van der Waals surface area contributed by atoms with Crippen molar-refractivity contribution in [3.63, 3.8) is 0 Å². The molecule has 1 aromatic heterocycles. The van der Waals surface area contributed by atoms with Crippen molar-refractivity contribution in [2.45, 2.75) is 32.7 Å². The van der Waals surface area contributed by atoms with Crippen LogP contribution >= 0.6 is 0 Å². The fraction of sp³-hybridized carbons (Fsp3) is 0.381. The van der Waals surface area contributed by atoms with E-state index in [1.54, 1.807) is 17.2 Å². The summed E-state index contributed by atoms with van der Waals surface area (Å²) in [6.07, 6.45) is 3.36. The molecule has 1 unspecified atom stereocenters. The van der Waals surface area contributed by atoms with E-state index in [0.717, 1.165) is 18.4 Å². The van der Waals surface area contributed by atoms with Crippen LogP contribution in [-0.4, -0.2) is 52.3 Å². The number of nitrogens with zero attached hydrogens (tertiary/aromatic N) is 3. The molecular weight excluding hydrogens is 359 g/mol. The number of nitrogens with two attached hydrogens (primary N) is 1. The number of rotatable bonds is 4. The van der Waals surface area contributed by atoms with Crippen molar-refractivity contribution < 1.29 is 14.0 Å². The van der Waals surface area contributed by atoms with Crippen LogP contribution < -0.4 is 5.73 Å². The normalized spacial score (nSPS) is 16.9. The molecule has 1 fully saturated rings. The van der Waals surface area contributed by atoms with E-state index in [1.807, 2.05) is 24.8 Å². The first-order chi connectivity index (χ1) is 13.4. The van der Waals surface area contributed by atoms with Crippen molar-refractivity contribution in [2.24, 2.45) is 0 Å². The third-order valence-electron chi connectivity index (χ3n) is 5.03. The smallest absolute Gasteiger partial charge is 0.272 e. The van der Waals surface area contributed by atoms with Gasteiger partial charge in [0, 0.05) is 37.4 Å². The van der Waals surface area contributed by atoms with Crippen LogP contribution in [0.4, 0.5) is 10.1 Å². The molecule has 0 saturated carbocycles. The second kappa shape index (κ2) is 8.37. The van der Waals surface area contributed by atoms with E-state index < -0.39 is 5.82 Å². The molecule has 1 aliphatic rings. The van der Waals surface area contributed by atoms with Crippen molar-refractivity contribution in [2.75, 3.05) is 25.4 Å². The summed E-state index contributed by atoms with van der Waals surface area (Å²) >= 11 is 0. The zero-order valence-electron chi connectivity index (χ0n) is 16.2. The van der Waals surface area contributed by atoms with E-state index in [4.69, 9.17) is 5.73 Å². The number of carbonyl (C=O) groups excluding carboxylic acids is 2. The van der Waals surface area contributed by atoms with Crippen LogP contribution in [0.5, 0.6) is 0 Å². The van der Waals surface area contributed by atoms with E-state index in [9.17, 15) is 14.0 Å². The Kier molecular flexibility index (Phi) is 5.92. The zero-order chi connectivity index (χ0) is 20.3. The maximum absolute atomic E-state index is 13.4. The van der Waals surface area contributed by atoms with Crippen LogP contribution in [0.1, 0.15) is 46.2 Å². The molecule has 1 saturated heterocycles. The van der Waals surface area contributed by atoms with Crippen LogP contribution in [0.25, 0.3) is 0 Å². The van der Waals surface area contributed by atoms with Gasteiger partial charge in [0.25, 0.3) is 11.8 Å². The number of benzene rings is 1. The van der Waals surface area contributed by atoms with Crippen molar-refractivity contribution >= 4 is 17.5 Å². The second-order valence-corrected chi connectivity index (χ2v) is 7.15. The molecule has 3 rings (SSSR count). The molecule has 0 bridgehead atoms. The summed E-state index contributed by atoms with van der Waals surface area (Å²) in [7, 11) is 0. The molecule has 0 radical (unpaired) electrons. The molecule has 2 N–H and O–H groups in total. The highest BCUT2D eigenvalue weighted by Gasteiger charge is 2.33. The Morgan fingerprint density at radius 1 is 1.21 bits per heavy atom. The number of nitrogen functional groups attached to an aromatic ring is 1. The van der Waals surface area contributed by atoms with Gasteiger partial charge in [0.05, 0.1) is 5.69 Å². The van der Waals surface area contributed by atoms with E-state index in [0.29, 0.717) is 30.9 Å². The van der Waals surface area contributed by atoms with Crippen LogP contribution in [0.3, 0.4) is 0 Å². The molecule has 148 valence electrons. The van der Waals surface area contributed by atoms with E-state index in [1.165, 1.54) is 18.2 Å². The molecule has 0 spiro atoms. The SMILES string of the molecule is CCCC1CN(C(=O)c2ccc(F)c(N)c2)CCN1C(=O)c1ccc(C)cn1. The van der Waals surface area contributed by atoms with Gasteiger partial charge >= 0.3 is 0 Å². The summed E-state index contributed by atoms with van der Waals surface area (Å²) in [5, 5.41) is 0. The van der Waals surface area contributed by atoms with Gasteiger partial charge in [0.1, 0.15) is 11.5 Å². The minimum absolute atomic E-state index is 0.0461. The Balaban J connectivity index is 1.76. The van der Waals surface area contributed by atoms with Gasteiger partial charge in [-0.2, -0.15) is 0 Å². The molecule has 2 aromatic rings. The lowest BCUT2D eigenvalue weighted by atomic mass is 10.0. The minimum Gasteiger partial charge on any atom is -0.396 e. The third-order valence-corrected chi connectivity index (χ3v) is 5.03. The van der Waals surface area contributed by atoms with Gasteiger partial charge in [-0.25, -0.2) is 4.39 Å². The number of amides is 2. The Hall–Kier alpha value is -2.96. The molecule has 0 aliphatic carbocycles. The van der Waals surface area contributed by atoms with E-state index in [-0.39, 0.29) is 23.5 Å². The molecule has 7 heteroatoms. The highest BCUT2D eigenvalue weighted by molar-refractivity contribution is 5.96. The molecule has 6 nitrogen and oxygen atoms in total. The Morgan fingerprint density at radius 2 is 2.00 bits per heavy atom. The maximum atomic E-state index is 13.4. The van der Waals surface area contributed by atoms with Gasteiger partial charge in [-0.1, -0.05) is 19.4 Å². The number of anilines is 1. The topological polar surface area (TPSA) is 79.5 Å². The molecule has 2 heterocycles. The molecule has 1 aliphatic heterocycles. The fourth-order valence-corrected chi connectivity index (χ4v) is 3.49. The summed E-state index contributed by atoms with van der Waals surface area (Å²) in [6.45, 7) is 5.25. The number of hydrogen-bond donors (Lipinski definition) is 1. The number of halogens is 1. The highest BCUT2D eigenvalue weighted by atomic mass is 19.1. The molecular formula is C21H25FN4O2. The maximum Gasteiger partial charge on any atom is 0.272 e. The van der Waals surface area contributed by atoms with Gasteiger partial charge < -0.3 is 15.5 Å².